The van der Waals surface area contributed by atoms with Crippen LogP contribution in [0.15, 0.2) is 47.3 Å². The molecule has 2 aromatic carbocycles. The van der Waals surface area contributed by atoms with Gasteiger partial charge in [-0.25, -0.2) is 14.3 Å². The lowest BCUT2D eigenvalue weighted by Gasteiger charge is -2.23. The van der Waals surface area contributed by atoms with Crippen molar-refractivity contribution in [2.45, 2.75) is 59.1 Å². The first-order valence-corrected chi connectivity index (χ1v) is 10.8. The minimum Gasteiger partial charge on any atom is -0.476 e. The molecule has 7 nitrogen and oxygen atoms in total. The topological polar surface area (TPSA) is 86.2 Å². The second-order valence-electron chi connectivity index (χ2n) is 8.55. The normalized spacial score (nSPS) is 11.4. The summed E-state index contributed by atoms with van der Waals surface area (Å²) in [6, 6.07) is 13.8. The van der Waals surface area contributed by atoms with Crippen LogP contribution in [-0.4, -0.2) is 33.4 Å². The van der Waals surface area contributed by atoms with Crippen LogP contribution in [0.5, 0.6) is 5.75 Å². The maximum Gasteiger partial charge on any atom is 0.349 e. The molecule has 0 radical (unpaired) electrons. The van der Waals surface area contributed by atoms with Gasteiger partial charge in [0.25, 0.3) is 0 Å². The molecule has 3 rings (SSSR count). The number of aryl methyl sites for hydroxylation is 4. The summed E-state index contributed by atoms with van der Waals surface area (Å²) in [4.78, 5) is 26.9. The molecule has 0 amide bonds. The largest absolute Gasteiger partial charge is 0.476 e. The Morgan fingerprint density at radius 1 is 1.03 bits per heavy atom. The Morgan fingerprint density at radius 2 is 1.72 bits per heavy atom. The average Bonchev–Trinajstić information content (AvgIpc) is 3.10. The number of hydrogen-bond acceptors (Lipinski definition) is 5. The predicted molar refractivity (Wildman–Crippen MR) is 123 cm³/mol. The highest BCUT2D eigenvalue weighted by molar-refractivity contribution is 5.78. The number of benzene rings is 2. The first-order valence-electron chi connectivity index (χ1n) is 10.8. The van der Waals surface area contributed by atoms with Crippen LogP contribution >= 0.6 is 0 Å². The average molecular weight is 438 g/mol. The summed E-state index contributed by atoms with van der Waals surface area (Å²) in [6.45, 7) is 7.94. The van der Waals surface area contributed by atoms with Crippen molar-refractivity contribution in [1.82, 2.24) is 14.8 Å². The maximum absolute atomic E-state index is 12.2. The third kappa shape index (κ3) is 5.87. The van der Waals surface area contributed by atoms with Gasteiger partial charge in [0.05, 0.1) is 13.7 Å². The summed E-state index contributed by atoms with van der Waals surface area (Å²) in [7, 11) is 1.34. The molecule has 0 saturated carbocycles. The number of H-pyrrole nitrogens is 1. The van der Waals surface area contributed by atoms with Crippen LogP contribution < -0.4 is 10.4 Å². The molecule has 0 atom stereocenters. The quantitative estimate of drug-likeness (QED) is 0.516. The number of rotatable bonds is 9. The van der Waals surface area contributed by atoms with Crippen LogP contribution in [0.1, 0.15) is 48.3 Å². The fourth-order valence-electron chi connectivity index (χ4n) is 3.46. The van der Waals surface area contributed by atoms with Gasteiger partial charge >= 0.3 is 11.7 Å². The van der Waals surface area contributed by atoms with E-state index in [4.69, 9.17) is 9.47 Å². The van der Waals surface area contributed by atoms with Gasteiger partial charge in [-0.2, -0.15) is 5.10 Å². The Bertz CT molecular complexity index is 1130. The molecular formula is C25H31N3O4. The van der Waals surface area contributed by atoms with E-state index in [1.807, 2.05) is 30.3 Å². The Kier molecular flexibility index (Phi) is 7.18. The van der Waals surface area contributed by atoms with Gasteiger partial charge in [0, 0.05) is 6.42 Å². The highest BCUT2D eigenvalue weighted by atomic mass is 16.6. The maximum atomic E-state index is 12.2. The molecule has 32 heavy (non-hydrogen) atoms. The molecule has 0 bridgehead atoms. The molecule has 0 saturated heterocycles. The number of nitrogens with one attached hydrogen (secondary N) is 1. The van der Waals surface area contributed by atoms with E-state index < -0.39 is 11.6 Å². The first-order chi connectivity index (χ1) is 15.2. The lowest BCUT2D eigenvalue weighted by Crippen LogP contribution is -2.39. The van der Waals surface area contributed by atoms with Gasteiger partial charge in [-0.1, -0.05) is 30.3 Å². The van der Waals surface area contributed by atoms with E-state index in [1.165, 1.54) is 22.9 Å². The van der Waals surface area contributed by atoms with Crippen LogP contribution in [0.25, 0.3) is 0 Å². The molecule has 0 aliphatic heterocycles. The van der Waals surface area contributed by atoms with Crippen molar-refractivity contribution in [2.24, 2.45) is 0 Å². The first kappa shape index (κ1) is 23.3. The molecule has 0 aliphatic carbocycles. The smallest absolute Gasteiger partial charge is 0.349 e. The highest BCUT2D eigenvalue weighted by Gasteiger charge is 2.30. The van der Waals surface area contributed by atoms with Crippen LogP contribution in [0, 0.1) is 13.8 Å². The van der Waals surface area contributed by atoms with Gasteiger partial charge in [-0.05, 0) is 74.9 Å². The van der Waals surface area contributed by atoms with Gasteiger partial charge < -0.3 is 9.47 Å². The van der Waals surface area contributed by atoms with Gasteiger partial charge in [-0.15, -0.1) is 0 Å². The minimum absolute atomic E-state index is 0.187. The summed E-state index contributed by atoms with van der Waals surface area (Å²) >= 11 is 0. The van der Waals surface area contributed by atoms with Crippen molar-refractivity contribution in [3.8, 4) is 5.75 Å². The number of carbonyl (C=O) groups is 1. The van der Waals surface area contributed by atoms with E-state index in [0.29, 0.717) is 24.5 Å². The summed E-state index contributed by atoms with van der Waals surface area (Å²) in [6.07, 6.45) is 2.37. The summed E-state index contributed by atoms with van der Waals surface area (Å²) in [5, 5.41) is 4.45. The monoisotopic (exact) mass is 437 g/mol. The molecule has 0 fully saturated rings. The number of aromatic amines is 1. The third-order valence-corrected chi connectivity index (χ3v) is 5.48. The van der Waals surface area contributed by atoms with E-state index >= 15 is 0 Å². The van der Waals surface area contributed by atoms with Gasteiger partial charge in [-0.3, -0.25) is 4.98 Å². The van der Waals surface area contributed by atoms with Gasteiger partial charge in [0.1, 0.15) is 11.6 Å². The van der Waals surface area contributed by atoms with E-state index in [1.54, 1.807) is 13.8 Å². The van der Waals surface area contributed by atoms with Crippen molar-refractivity contribution in [2.75, 3.05) is 7.11 Å². The Labute approximate surface area is 188 Å². The molecule has 0 spiro atoms. The van der Waals surface area contributed by atoms with Crippen LogP contribution in [0.3, 0.4) is 0 Å². The van der Waals surface area contributed by atoms with E-state index in [2.05, 4.69) is 36.1 Å². The Balaban J connectivity index is 1.53. The van der Waals surface area contributed by atoms with Crippen LogP contribution in [0.2, 0.25) is 0 Å². The Morgan fingerprint density at radius 3 is 2.38 bits per heavy atom. The minimum atomic E-state index is -1.04. The van der Waals surface area contributed by atoms with Crippen molar-refractivity contribution in [3.63, 3.8) is 0 Å². The number of ether oxygens (including phenoxy) is 2. The summed E-state index contributed by atoms with van der Waals surface area (Å²) in [5.74, 6) is 0.879. The van der Waals surface area contributed by atoms with Gasteiger partial charge in [0.2, 0.25) is 0 Å². The van der Waals surface area contributed by atoms with E-state index in [0.717, 1.165) is 24.0 Å². The lowest BCUT2D eigenvalue weighted by atomic mass is 10.1. The predicted octanol–water partition coefficient (Wildman–Crippen LogP) is 3.74. The fraction of sp³-hybridized carbons (Fsp3) is 0.400. The van der Waals surface area contributed by atoms with Crippen molar-refractivity contribution in [1.29, 1.82) is 0 Å². The molecule has 1 aromatic heterocycles. The molecule has 3 aromatic rings. The number of hydrogen-bond donors (Lipinski definition) is 1. The van der Waals surface area contributed by atoms with Crippen molar-refractivity contribution >= 4 is 5.97 Å². The zero-order chi connectivity index (χ0) is 23.3. The SMILES string of the molecule is COC(=O)C(C)(C)Oc1ccc(CCCc2nn(Cc3ccc(C)c(C)c3)c(=O)[nH]2)cc1. The molecule has 0 aliphatic rings. The number of carbonyl (C=O) groups excluding carboxylic acids is 1. The molecule has 0 unspecified atom stereocenters. The lowest BCUT2D eigenvalue weighted by molar-refractivity contribution is -0.156. The van der Waals surface area contributed by atoms with E-state index in [9.17, 15) is 9.59 Å². The Hall–Kier alpha value is -3.35. The van der Waals surface area contributed by atoms with Crippen molar-refractivity contribution in [3.05, 3.63) is 81.0 Å². The van der Waals surface area contributed by atoms with Crippen molar-refractivity contribution < 1.29 is 14.3 Å². The van der Waals surface area contributed by atoms with Gasteiger partial charge in [0.15, 0.2) is 5.60 Å². The molecule has 7 heteroatoms. The second-order valence-corrected chi connectivity index (χ2v) is 8.55. The van der Waals surface area contributed by atoms with E-state index in [-0.39, 0.29) is 5.69 Å². The molecule has 1 N–H and O–H groups in total. The molecular weight excluding hydrogens is 406 g/mol. The van der Waals surface area contributed by atoms with Crippen LogP contribution in [0.4, 0.5) is 0 Å². The zero-order valence-electron chi connectivity index (χ0n) is 19.4. The summed E-state index contributed by atoms with van der Waals surface area (Å²) < 4.78 is 12.0. The molecule has 170 valence electrons. The summed E-state index contributed by atoms with van der Waals surface area (Å²) in [5.41, 5.74) is 3.41. The van der Waals surface area contributed by atoms with Crippen LogP contribution in [-0.2, 0) is 28.9 Å². The number of nitrogens with zero attached hydrogens (tertiary/aromatic N) is 2. The number of aromatic nitrogens is 3. The second kappa shape index (κ2) is 9.85. The zero-order valence-corrected chi connectivity index (χ0v) is 19.4. The molecule has 1 heterocycles. The standard InChI is InChI=1S/C25H31N3O4/c1-17-9-10-20(15-18(17)2)16-28-24(30)26-22(27-28)8-6-7-19-11-13-21(14-12-19)32-25(3,4)23(29)31-5/h9-15H,6-8,16H2,1-5H3,(H,26,27,30). The number of esters is 1. The number of methoxy groups -OCH3 is 1. The fourth-order valence-corrected chi connectivity index (χ4v) is 3.46. The third-order valence-electron chi connectivity index (χ3n) is 5.48. The highest BCUT2D eigenvalue weighted by Crippen LogP contribution is 2.20.